The van der Waals surface area contributed by atoms with Crippen LogP contribution in [0, 0.1) is 0 Å². The number of carboxylic acid groups (broad SMARTS) is 1. The van der Waals surface area contributed by atoms with Gasteiger partial charge < -0.3 is 5.11 Å². The Balaban J connectivity index is 1.96. The van der Waals surface area contributed by atoms with Gasteiger partial charge in [-0.25, -0.2) is 0 Å². The van der Waals surface area contributed by atoms with E-state index in [1.165, 1.54) is 5.57 Å². The number of hydrogen-bond acceptors (Lipinski definition) is 1. The number of rotatable bonds is 3. The first kappa shape index (κ1) is 14.0. The van der Waals surface area contributed by atoms with E-state index in [0.717, 1.165) is 35.1 Å². The molecule has 0 saturated heterocycles. The molecule has 0 fully saturated rings. The number of benzene rings is 2. The van der Waals surface area contributed by atoms with Crippen LogP contribution in [0.4, 0.5) is 0 Å². The summed E-state index contributed by atoms with van der Waals surface area (Å²) in [5.41, 5.74) is 4.32. The highest BCUT2D eigenvalue weighted by Crippen LogP contribution is 2.51. The van der Waals surface area contributed by atoms with E-state index >= 15 is 0 Å². The van der Waals surface area contributed by atoms with Crippen LogP contribution in [-0.2, 0) is 16.6 Å². The lowest BCUT2D eigenvalue weighted by molar-refractivity contribution is -0.142. The van der Waals surface area contributed by atoms with Crippen molar-refractivity contribution in [3.05, 3.63) is 89.0 Å². The number of fused-ring (bicyclic) bond motifs is 2. The average Bonchev–Trinajstić information content (AvgIpc) is 2.88. The Morgan fingerprint density at radius 3 is 2.57 bits per heavy atom. The maximum atomic E-state index is 12.5. The zero-order chi connectivity index (χ0) is 15.9. The molecule has 0 bridgehead atoms. The van der Waals surface area contributed by atoms with Gasteiger partial charge in [0.15, 0.2) is 0 Å². The number of carboxylic acids is 1. The van der Waals surface area contributed by atoms with Crippen molar-refractivity contribution in [1.82, 2.24) is 0 Å². The Bertz CT molecular complexity index is 830. The van der Waals surface area contributed by atoms with E-state index < -0.39 is 11.4 Å². The van der Waals surface area contributed by atoms with Crippen LogP contribution in [0.3, 0.4) is 0 Å². The van der Waals surface area contributed by atoms with Crippen LogP contribution in [0.2, 0.25) is 0 Å². The summed E-state index contributed by atoms with van der Waals surface area (Å²) in [4.78, 5) is 12.5. The summed E-state index contributed by atoms with van der Waals surface area (Å²) in [7, 11) is 0. The first-order valence-electron chi connectivity index (χ1n) is 8.01. The summed E-state index contributed by atoms with van der Waals surface area (Å²) >= 11 is 0. The maximum Gasteiger partial charge on any atom is 0.319 e. The van der Waals surface area contributed by atoms with Crippen molar-refractivity contribution in [3.8, 4) is 0 Å². The van der Waals surface area contributed by atoms with Gasteiger partial charge in [-0.2, -0.15) is 0 Å². The first-order chi connectivity index (χ1) is 11.2. The predicted molar refractivity (Wildman–Crippen MR) is 91.2 cm³/mol. The van der Waals surface area contributed by atoms with E-state index in [-0.39, 0.29) is 0 Å². The molecule has 4 rings (SSSR count). The van der Waals surface area contributed by atoms with Gasteiger partial charge in [-0.3, -0.25) is 4.79 Å². The minimum Gasteiger partial charge on any atom is -0.480 e. The molecule has 2 nitrogen and oxygen atoms in total. The topological polar surface area (TPSA) is 37.3 Å². The largest absolute Gasteiger partial charge is 0.480 e. The van der Waals surface area contributed by atoms with Crippen molar-refractivity contribution in [3.63, 3.8) is 0 Å². The molecule has 1 atom stereocenters. The monoisotopic (exact) mass is 302 g/mol. The molecule has 2 aliphatic carbocycles. The molecule has 0 amide bonds. The summed E-state index contributed by atoms with van der Waals surface area (Å²) in [5, 5.41) is 10.2. The van der Waals surface area contributed by atoms with Crippen LogP contribution in [0.5, 0.6) is 0 Å². The summed E-state index contributed by atoms with van der Waals surface area (Å²) in [6, 6.07) is 17.9. The number of carbonyl (C=O) groups is 1. The molecular formula is C21H18O2. The third-order valence-corrected chi connectivity index (χ3v) is 5.02. The molecular weight excluding hydrogens is 284 g/mol. The smallest absolute Gasteiger partial charge is 0.319 e. The van der Waals surface area contributed by atoms with Crippen LogP contribution >= 0.6 is 0 Å². The van der Waals surface area contributed by atoms with E-state index in [2.05, 4.69) is 12.1 Å². The highest BCUT2D eigenvalue weighted by atomic mass is 16.4. The standard InChI is InChI=1S/C21H18O2/c22-20(23)21(14-15-8-2-1-3-9-15)18-12-6-4-10-16(18)17-11-5-7-13-19(17)21/h1-4,6-10,12-13H,5,11,14H2,(H,22,23)/t21-/m1/s1. The fourth-order valence-corrected chi connectivity index (χ4v) is 4.01. The normalized spacial score (nSPS) is 21.9. The second-order valence-electron chi connectivity index (χ2n) is 6.25. The molecule has 0 aliphatic heterocycles. The van der Waals surface area contributed by atoms with Crippen molar-refractivity contribution < 1.29 is 9.90 Å². The van der Waals surface area contributed by atoms with E-state index in [1.54, 1.807) is 0 Å². The van der Waals surface area contributed by atoms with Gasteiger partial charge in [-0.15, -0.1) is 0 Å². The van der Waals surface area contributed by atoms with Crippen LogP contribution < -0.4 is 0 Å². The van der Waals surface area contributed by atoms with Gasteiger partial charge in [0.2, 0.25) is 0 Å². The number of aliphatic carboxylic acids is 1. The highest BCUT2D eigenvalue weighted by molar-refractivity contribution is 5.98. The molecule has 114 valence electrons. The molecule has 0 aromatic heterocycles. The second kappa shape index (κ2) is 5.24. The Kier molecular flexibility index (Phi) is 3.19. The van der Waals surface area contributed by atoms with Crippen LogP contribution in [0.25, 0.3) is 5.57 Å². The predicted octanol–water partition coefficient (Wildman–Crippen LogP) is 4.37. The lowest BCUT2D eigenvalue weighted by Crippen LogP contribution is -2.38. The van der Waals surface area contributed by atoms with Gasteiger partial charge in [-0.05, 0) is 47.1 Å². The third kappa shape index (κ3) is 1.98. The Morgan fingerprint density at radius 2 is 1.78 bits per heavy atom. The molecule has 23 heavy (non-hydrogen) atoms. The van der Waals surface area contributed by atoms with Crippen molar-refractivity contribution in [1.29, 1.82) is 0 Å². The molecule has 2 aromatic rings. The van der Waals surface area contributed by atoms with Crippen molar-refractivity contribution in [2.45, 2.75) is 24.7 Å². The molecule has 2 aromatic carbocycles. The van der Waals surface area contributed by atoms with Crippen LogP contribution in [0.1, 0.15) is 29.5 Å². The first-order valence-corrected chi connectivity index (χ1v) is 8.01. The lowest BCUT2D eigenvalue weighted by atomic mass is 9.72. The van der Waals surface area contributed by atoms with Crippen molar-refractivity contribution in [2.24, 2.45) is 0 Å². The van der Waals surface area contributed by atoms with E-state index in [9.17, 15) is 9.90 Å². The minimum atomic E-state index is -0.968. The molecule has 0 saturated carbocycles. The van der Waals surface area contributed by atoms with Crippen molar-refractivity contribution >= 4 is 11.5 Å². The van der Waals surface area contributed by atoms with Gasteiger partial charge in [-0.1, -0.05) is 66.7 Å². The average molecular weight is 302 g/mol. The zero-order valence-electron chi connectivity index (χ0n) is 12.8. The van der Waals surface area contributed by atoms with Crippen molar-refractivity contribution in [2.75, 3.05) is 0 Å². The summed E-state index contributed by atoms with van der Waals surface area (Å²) in [5.74, 6) is -0.759. The van der Waals surface area contributed by atoms with Crippen LogP contribution in [0.15, 0.2) is 72.3 Å². The third-order valence-electron chi connectivity index (χ3n) is 5.02. The number of hydrogen-bond donors (Lipinski definition) is 1. The Morgan fingerprint density at radius 1 is 1.04 bits per heavy atom. The Labute approximate surface area is 135 Å². The lowest BCUT2D eigenvalue weighted by Gasteiger charge is -2.29. The second-order valence-corrected chi connectivity index (χ2v) is 6.25. The molecule has 2 heteroatoms. The van der Waals surface area contributed by atoms with Gasteiger partial charge in [0, 0.05) is 0 Å². The fraction of sp³-hybridized carbons (Fsp3) is 0.190. The van der Waals surface area contributed by atoms with Gasteiger partial charge in [0.1, 0.15) is 5.41 Å². The molecule has 1 N–H and O–H groups in total. The molecule has 0 heterocycles. The van der Waals surface area contributed by atoms with E-state index in [1.807, 2.05) is 54.6 Å². The minimum absolute atomic E-state index is 0.489. The van der Waals surface area contributed by atoms with E-state index in [0.29, 0.717) is 6.42 Å². The Hall–Kier alpha value is -2.61. The molecule has 0 radical (unpaired) electrons. The maximum absolute atomic E-state index is 12.5. The van der Waals surface area contributed by atoms with E-state index in [4.69, 9.17) is 0 Å². The molecule has 0 spiro atoms. The SMILES string of the molecule is O=C(O)[C@@]1(Cc2ccccc2)C2=C(CCC=C2)c2ccccc21. The van der Waals surface area contributed by atoms with Gasteiger partial charge in [0.25, 0.3) is 0 Å². The van der Waals surface area contributed by atoms with Gasteiger partial charge >= 0.3 is 5.97 Å². The summed E-state index contributed by atoms with van der Waals surface area (Å²) < 4.78 is 0. The number of allylic oxidation sites excluding steroid dienone is 3. The molecule has 0 unspecified atom stereocenters. The highest BCUT2D eigenvalue weighted by Gasteiger charge is 2.50. The summed E-state index contributed by atoms with van der Waals surface area (Å²) in [6.45, 7) is 0. The molecule has 2 aliphatic rings. The summed E-state index contributed by atoms with van der Waals surface area (Å²) in [6.07, 6.45) is 6.54. The van der Waals surface area contributed by atoms with Gasteiger partial charge in [0.05, 0.1) is 0 Å². The van der Waals surface area contributed by atoms with Crippen LogP contribution in [-0.4, -0.2) is 11.1 Å². The zero-order valence-corrected chi connectivity index (χ0v) is 12.8. The quantitative estimate of drug-likeness (QED) is 0.914. The fourth-order valence-electron chi connectivity index (χ4n) is 4.01.